The Kier molecular flexibility index (Phi) is 10.2. The predicted molar refractivity (Wildman–Crippen MR) is 85.7 cm³/mol. The lowest BCUT2D eigenvalue weighted by Gasteiger charge is -2.31. The van der Waals surface area contributed by atoms with Crippen LogP contribution in [0.15, 0.2) is 0 Å². The Morgan fingerprint density at radius 3 is 2.50 bits per heavy atom. The summed E-state index contributed by atoms with van der Waals surface area (Å²) in [7, 11) is 0. The van der Waals surface area contributed by atoms with E-state index < -0.39 is 5.09 Å². The SMILES string of the molecule is CC(C)CCCCCCC1CCN(CCOO[N+](=O)[O-])CC1. The second kappa shape index (κ2) is 11.7. The molecule has 130 valence electrons. The van der Waals surface area contributed by atoms with Crippen LogP contribution in [-0.4, -0.2) is 36.2 Å². The van der Waals surface area contributed by atoms with E-state index in [1.165, 1.54) is 51.4 Å². The molecule has 22 heavy (non-hydrogen) atoms. The molecular weight excluding hydrogens is 284 g/mol. The van der Waals surface area contributed by atoms with E-state index in [-0.39, 0.29) is 6.61 Å². The molecule has 6 nitrogen and oxygen atoms in total. The van der Waals surface area contributed by atoms with Crippen molar-refractivity contribution in [3.63, 3.8) is 0 Å². The first-order valence-electron chi connectivity index (χ1n) is 8.74. The maximum Gasteiger partial charge on any atom is 0.322 e. The number of piperidine rings is 1. The van der Waals surface area contributed by atoms with Gasteiger partial charge >= 0.3 is 5.09 Å². The Morgan fingerprint density at radius 2 is 1.86 bits per heavy atom. The lowest BCUT2D eigenvalue weighted by Crippen LogP contribution is -2.36. The highest BCUT2D eigenvalue weighted by atomic mass is 17.3. The summed E-state index contributed by atoms with van der Waals surface area (Å²) in [5.74, 6) is 1.70. The Bertz CT molecular complexity index is 292. The lowest BCUT2D eigenvalue weighted by molar-refractivity contribution is -0.850. The normalized spacial score (nSPS) is 17.0. The molecule has 0 radical (unpaired) electrons. The van der Waals surface area contributed by atoms with Crippen molar-refractivity contribution in [3.8, 4) is 0 Å². The summed E-state index contributed by atoms with van der Waals surface area (Å²) >= 11 is 0. The van der Waals surface area contributed by atoms with Crippen LogP contribution in [0.5, 0.6) is 0 Å². The van der Waals surface area contributed by atoms with Crippen LogP contribution >= 0.6 is 0 Å². The molecule has 0 bridgehead atoms. The first kappa shape index (κ1) is 19.2. The van der Waals surface area contributed by atoms with Crippen molar-refractivity contribution in [1.29, 1.82) is 0 Å². The van der Waals surface area contributed by atoms with Gasteiger partial charge in [0.15, 0.2) is 0 Å². The molecule has 0 unspecified atom stereocenters. The molecule has 0 aromatic carbocycles. The molecule has 6 heteroatoms. The minimum absolute atomic E-state index is 0.251. The summed E-state index contributed by atoms with van der Waals surface area (Å²) in [6.07, 6.45) is 10.7. The van der Waals surface area contributed by atoms with E-state index in [1.54, 1.807) is 0 Å². The van der Waals surface area contributed by atoms with Crippen molar-refractivity contribution in [3.05, 3.63) is 10.1 Å². The van der Waals surface area contributed by atoms with E-state index in [2.05, 4.69) is 28.6 Å². The first-order chi connectivity index (χ1) is 10.6. The molecule has 1 aliphatic rings. The van der Waals surface area contributed by atoms with E-state index in [1.807, 2.05) is 0 Å². The predicted octanol–water partition coefficient (Wildman–Crippen LogP) is 3.83. The maximum absolute atomic E-state index is 9.94. The maximum atomic E-state index is 9.94. The Balaban J connectivity index is 1.93. The zero-order chi connectivity index (χ0) is 16.2. The van der Waals surface area contributed by atoms with E-state index >= 15 is 0 Å². The topological polar surface area (TPSA) is 64.8 Å². The van der Waals surface area contributed by atoms with Crippen LogP contribution < -0.4 is 0 Å². The Hall–Kier alpha value is -0.880. The highest BCUT2D eigenvalue weighted by Crippen LogP contribution is 2.23. The molecule has 1 fully saturated rings. The number of rotatable bonds is 12. The summed E-state index contributed by atoms with van der Waals surface area (Å²) in [4.78, 5) is 20.6. The van der Waals surface area contributed by atoms with Crippen LogP contribution in [-0.2, 0) is 9.88 Å². The van der Waals surface area contributed by atoms with Crippen LogP contribution in [0.25, 0.3) is 0 Å². The second-order valence-electron chi connectivity index (χ2n) is 6.79. The van der Waals surface area contributed by atoms with Gasteiger partial charge in [-0.1, -0.05) is 52.4 Å². The van der Waals surface area contributed by atoms with Crippen LogP contribution in [0.1, 0.15) is 65.2 Å². The Labute approximate surface area is 134 Å². The van der Waals surface area contributed by atoms with Crippen LogP contribution in [0, 0.1) is 22.0 Å². The molecule has 1 heterocycles. The molecule has 1 saturated heterocycles. The molecule has 0 spiro atoms. The van der Waals surface area contributed by atoms with E-state index in [4.69, 9.17) is 0 Å². The largest absolute Gasteiger partial charge is 0.322 e. The Morgan fingerprint density at radius 1 is 1.18 bits per heavy atom. The summed E-state index contributed by atoms with van der Waals surface area (Å²) in [6, 6.07) is 0. The van der Waals surface area contributed by atoms with Gasteiger partial charge in [0.25, 0.3) is 0 Å². The lowest BCUT2D eigenvalue weighted by atomic mass is 9.91. The van der Waals surface area contributed by atoms with Crippen molar-refractivity contribution in [2.24, 2.45) is 11.8 Å². The summed E-state index contributed by atoms with van der Waals surface area (Å²) in [6.45, 7) is 7.68. The molecule has 1 aliphatic heterocycles. The smallest absolute Gasteiger partial charge is 0.301 e. The van der Waals surface area contributed by atoms with Crippen LogP contribution in [0.3, 0.4) is 0 Å². The third-order valence-electron chi connectivity index (χ3n) is 4.46. The quantitative estimate of drug-likeness (QED) is 0.237. The van der Waals surface area contributed by atoms with E-state index in [0.717, 1.165) is 24.9 Å². The first-order valence-corrected chi connectivity index (χ1v) is 8.74. The molecule has 0 aromatic heterocycles. The minimum atomic E-state index is -0.923. The highest BCUT2D eigenvalue weighted by molar-refractivity contribution is 4.72. The number of unbranched alkanes of at least 4 members (excludes halogenated alkanes) is 3. The molecular formula is C16H32N2O4. The highest BCUT2D eigenvalue weighted by Gasteiger charge is 2.18. The van der Waals surface area contributed by atoms with E-state index in [9.17, 15) is 10.1 Å². The van der Waals surface area contributed by atoms with Crippen LogP contribution in [0.4, 0.5) is 0 Å². The third-order valence-corrected chi connectivity index (χ3v) is 4.46. The van der Waals surface area contributed by atoms with Gasteiger partial charge in [0.05, 0.1) is 6.61 Å². The molecule has 0 atom stereocenters. The molecule has 0 aromatic rings. The minimum Gasteiger partial charge on any atom is -0.301 e. The van der Waals surface area contributed by atoms with Crippen molar-refractivity contribution < 1.29 is 15.0 Å². The fourth-order valence-electron chi connectivity index (χ4n) is 3.08. The van der Waals surface area contributed by atoms with Gasteiger partial charge < -0.3 is 4.90 Å². The fraction of sp³-hybridized carbons (Fsp3) is 1.00. The average Bonchev–Trinajstić information content (AvgIpc) is 2.48. The monoisotopic (exact) mass is 316 g/mol. The number of nitrogens with zero attached hydrogens (tertiary/aromatic N) is 2. The fourth-order valence-corrected chi connectivity index (χ4v) is 3.08. The second-order valence-corrected chi connectivity index (χ2v) is 6.79. The number of hydrogen-bond donors (Lipinski definition) is 0. The van der Waals surface area contributed by atoms with E-state index in [0.29, 0.717) is 6.54 Å². The summed E-state index contributed by atoms with van der Waals surface area (Å²) in [5, 5.41) is 9.01. The van der Waals surface area contributed by atoms with Gasteiger partial charge in [-0.2, -0.15) is 4.89 Å². The van der Waals surface area contributed by atoms with Gasteiger partial charge in [-0.3, -0.25) is 0 Å². The molecule has 0 aliphatic carbocycles. The van der Waals surface area contributed by atoms with Crippen molar-refractivity contribution >= 4 is 0 Å². The standard InChI is InChI=1S/C16H32N2O4/c1-15(2)7-5-3-4-6-8-16-9-11-17(12-10-16)13-14-21-22-18(19)20/h15-16H,3-14H2,1-2H3. The molecule has 1 rings (SSSR count). The van der Waals surface area contributed by atoms with Gasteiger partial charge in [-0.05, 0) is 37.8 Å². The zero-order valence-corrected chi connectivity index (χ0v) is 14.2. The van der Waals surface area contributed by atoms with Crippen molar-refractivity contribution in [2.75, 3.05) is 26.2 Å². The summed E-state index contributed by atoms with van der Waals surface area (Å²) < 4.78 is 0. The zero-order valence-electron chi connectivity index (χ0n) is 14.2. The van der Waals surface area contributed by atoms with Crippen LogP contribution in [0.2, 0.25) is 0 Å². The van der Waals surface area contributed by atoms with Gasteiger partial charge in [-0.15, -0.1) is 15.1 Å². The number of likely N-dealkylation sites (tertiary alicyclic amines) is 1. The van der Waals surface area contributed by atoms with Gasteiger partial charge in [-0.25, -0.2) is 0 Å². The molecule has 0 saturated carbocycles. The van der Waals surface area contributed by atoms with Crippen molar-refractivity contribution in [2.45, 2.75) is 65.2 Å². The van der Waals surface area contributed by atoms with Gasteiger partial charge in [0, 0.05) is 6.54 Å². The van der Waals surface area contributed by atoms with Gasteiger partial charge in [0.1, 0.15) is 0 Å². The number of hydrogen-bond acceptors (Lipinski definition) is 5. The molecule has 0 amide bonds. The average molecular weight is 316 g/mol. The molecule has 0 N–H and O–H groups in total. The summed E-state index contributed by atoms with van der Waals surface area (Å²) in [5.41, 5.74) is 0. The van der Waals surface area contributed by atoms with Crippen molar-refractivity contribution in [1.82, 2.24) is 4.90 Å². The third kappa shape index (κ3) is 9.95. The van der Waals surface area contributed by atoms with Gasteiger partial charge in [0.2, 0.25) is 0 Å².